The van der Waals surface area contributed by atoms with Crippen LogP contribution in [0.25, 0.3) is 0 Å². The number of amides is 1. The molecule has 2 saturated heterocycles. The zero-order valence-electron chi connectivity index (χ0n) is 20.1. The van der Waals surface area contributed by atoms with Crippen LogP contribution in [0.5, 0.6) is 0 Å². The molecule has 34 heavy (non-hydrogen) atoms. The van der Waals surface area contributed by atoms with Crippen molar-refractivity contribution in [2.75, 3.05) is 46.9 Å². The number of hydrogen-bond donors (Lipinski definition) is 1. The third kappa shape index (κ3) is 6.93. The molecule has 2 aromatic carbocycles. The molecule has 184 valence electrons. The molecule has 2 aliphatic rings. The monoisotopic (exact) mass is 577 g/mol. The normalized spacial score (nSPS) is 20.4. The van der Waals surface area contributed by atoms with Gasteiger partial charge in [-0.3, -0.25) is 14.7 Å². The van der Waals surface area contributed by atoms with Gasteiger partial charge in [-0.25, -0.2) is 0 Å². The maximum Gasteiger partial charge on any atom is 0.224 e. The molecule has 0 radical (unpaired) electrons. The van der Waals surface area contributed by atoms with Crippen molar-refractivity contribution in [3.8, 4) is 0 Å². The maximum atomic E-state index is 12.6. The second-order valence-corrected chi connectivity index (χ2v) is 8.80. The minimum absolute atomic E-state index is 0. The van der Waals surface area contributed by atoms with Crippen molar-refractivity contribution < 1.29 is 9.53 Å². The molecule has 2 unspecified atom stereocenters. The van der Waals surface area contributed by atoms with Crippen LogP contribution in [0, 0.1) is 0 Å². The van der Waals surface area contributed by atoms with E-state index in [1.165, 1.54) is 5.56 Å². The molecule has 2 fully saturated rings. The van der Waals surface area contributed by atoms with E-state index in [0.717, 1.165) is 44.3 Å². The third-order valence-electron chi connectivity index (χ3n) is 6.47. The van der Waals surface area contributed by atoms with Crippen LogP contribution in [0.3, 0.4) is 0 Å². The Bertz CT molecular complexity index is 927. The molecule has 0 bridgehead atoms. The van der Waals surface area contributed by atoms with Crippen LogP contribution in [0.4, 0.5) is 0 Å². The average Bonchev–Trinajstić information content (AvgIpc) is 3.28. The first kappa shape index (κ1) is 26.4. The summed E-state index contributed by atoms with van der Waals surface area (Å²) >= 11 is 0. The first-order chi connectivity index (χ1) is 16.1. The number of halogens is 1. The number of benzene rings is 2. The van der Waals surface area contributed by atoms with Crippen molar-refractivity contribution >= 4 is 35.8 Å². The largest absolute Gasteiger partial charge is 0.373 e. The van der Waals surface area contributed by atoms with Gasteiger partial charge in [0.2, 0.25) is 5.91 Å². The van der Waals surface area contributed by atoms with E-state index in [4.69, 9.17) is 4.74 Å². The number of guanidine groups is 1. The van der Waals surface area contributed by atoms with E-state index in [9.17, 15) is 4.79 Å². The number of likely N-dealkylation sites (tertiary alicyclic amines) is 1. The van der Waals surface area contributed by atoms with Gasteiger partial charge >= 0.3 is 0 Å². The molecule has 0 spiro atoms. The van der Waals surface area contributed by atoms with Gasteiger partial charge < -0.3 is 19.9 Å². The molecule has 4 rings (SSSR count). The number of hydrogen-bond acceptors (Lipinski definition) is 4. The van der Waals surface area contributed by atoms with E-state index in [-0.39, 0.29) is 36.0 Å². The molecule has 1 N–H and O–H groups in total. The van der Waals surface area contributed by atoms with Gasteiger partial charge in [0.1, 0.15) is 0 Å². The second-order valence-electron chi connectivity index (χ2n) is 8.80. The fourth-order valence-corrected chi connectivity index (χ4v) is 4.70. The Labute approximate surface area is 220 Å². The molecule has 0 aromatic heterocycles. The molecule has 2 heterocycles. The van der Waals surface area contributed by atoms with Gasteiger partial charge in [0.25, 0.3) is 0 Å². The zero-order valence-corrected chi connectivity index (χ0v) is 22.4. The highest BCUT2D eigenvalue weighted by Gasteiger charge is 2.41. The molecule has 8 heteroatoms. The van der Waals surface area contributed by atoms with Gasteiger partial charge in [0.05, 0.1) is 18.8 Å². The lowest BCUT2D eigenvalue weighted by atomic mass is 10.1. The van der Waals surface area contributed by atoms with Crippen molar-refractivity contribution in [2.24, 2.45) is 4.99 Å². The van der Waals surface area contributed by atoms with Crippen LogP contribution < -0.4 is 5.32 Å². The lowest BCUT2D eigenvalue weighted by Gasteiger charge is -2.36. The van der Waals surface area contributed by atoms with Crippen molar-refractivity contribution in [1.29, 1.82) is 0 Å². The van der Waals surface area contributed by atoms with Crippen molar-refractivity contribution in [3.05, 3.63) is 71.8 Å². The van der Waals surface area contributed by atoms with Crippen LogP contribution >= 0.6 is 24.0 Å². The van der Waals surface area contributed by atoms with E-state index in [1.807, 2.05) is 37.4 Å². The minimum atomic E-state index is 0. The lowest BCUT2D eigenvalue weighted by Crippen LogP contribution is -2.50. The SMILES string of the molecule is CN=C(NCCC(=O)N(C)Cc1ccccc1)N1CC2OCCN(Cc3ccccc3)C2C1.I. The number of aliphatic imine (C=N–C) groups is 1. The topological polar surface area (TPSA) is 60.4 Å². The van der Waals surface area contributed by atoms with Crippen LogP contribution in [-0.4, -0.2) is 85.6 Å². The predicted molar refractivity (Wildman–Crippen MR) is 146 cm³/mol. The van der Waals surface area contributed by atoms with E-state index >= 15 is 0 Å². The Balaban J connectivity index is 0.00000324. The number of nitrogens with zero attached hydrogens (tertiary/aromatic N) is 4. The first-order valence-electron chi connectivity index (χ1n) is 11.8. The first-order valence-corrected chi connectivity index (χ1v) is 11.8. The molecular weight excluding hydrogens is 541 g/mol. The Morgan fingerprint density at radius 3 is 2.44 bits per heavy atom. The van der Waals surface area contributed by atoms with Crippen LogP contribution in [-0.2, 0) is 22.6 Å². The average molecular weight is 578 g/mol. The summed E-state index contributed by atoms with van der Waals surface area (Å²) in [5.41, 5.74) is 2.47. The van der Waals surface area contributed by atoms with E-state index < -0.39 is 0 Å². The number of carbonyl (C=O) groups is 1. The quantitative estimate of drug-likeness (QED) is 0.312. The highest BCUT2D eigenvalue weighted by molar-refractivity contribution is 14.0. The number of morpholine rings is 1. The highest BCUT2D eigenvalue weighted by Crippen LogP contribution is 2.24. The number of fused-ring (bicyclic) bond motifs is 1. The third-order valence-corrected chi connectivity index (χ3v) is 6.47. The molecule has 0 saturated carbocycles. The van der Waals surface area contributed by atoms with Crippen molar-refractivity contribution in [3.63, 3.8) is 0 Å². The summed E-state index contributed by atoms with van der Waals surface area (Å²) in [6, 6.07) is 21.0. The smallest absolute Gasteiger partial charge is 0.224 e. The standard InChI is InChI=1S/C26H35N5O2.HI/c1-27-26(28-14-13-25(32)29(2)17-21-9-5-3-6-10-21)31-19-23-24(20-31)33-16-15-30(23)18-22-11-7-4-8-12-22;/h3-12,23-24H,13-20H2,1-2H3,(H,27,28);1H. The number of nitrogens with one attached hydrogen (secondary N) is 1. The van der Waals surface area contributed by atoms with Crippen LogP contribution in [0.1, 0.15) is 17.5 Å². The van der Waals surface area contributed by atoms with Crippen LogP contribution in [0.15, 0.2) is 65.7 Å². The Morgan fingerprint density at radius 2 is 1.76 bits per heavy atom. The van der Waals surface area contributed by atoms with Gasteiger partial charge in [-0.1, -0.05) is 60.7 Å². The molecular formula is C26H36IN5O2. The summed E-state index contributed by atoms with van der Waals surface area (Å²) in [6.45, 7) is 5.52. The molecule has 2 aromatic rings. The lowest BCUT2D eigenvalue weighted by molar-refractivity contribution is -0.130. The van der Waals surface area contributed by atoms with Gasteiger partial charge in [-0.05, 0) is 11.1 Å². The molecule has 2 aliphatic heterocycles. The van der Waals surface area contributed by atoms with E-state index in [2.05, 4.69) is 50.4 Å². The fraction of sp³-hybridized carbons (Fsp3) is 0.462. The van der Waals surface area contributed by atoms with Gasteiger partial charge in [0, 0.05) is 59.8 Å². The summed E-state index contributed by atoms with van der Waals surface area (Å²) in [7, 11) is 3.66. The molecule has 7 nitrogen and oxygen atoms in total. The highest BCUT2D eigenvalue weighted by atomic mass is 127. The summed E-state index contributed by atoms with van der Waals surface area (Å²) in [4.78, 5) is 23.6. The fourth-order valence-electron chi connectivity index (χ4n) is 4.70. The summed E-state index contributed by atoms with van der Waals surface area (Å²) < 4.78 is 6.10. The minimum Gasteiger partial charge on any atom is -0.373 e. The maximum absolute atomic E-state index is 12.6. The summed E-state index contributed by atoms with van der Waals surface area (Å²) in [5.74, 6) is 0.959. The second kappa shape index (κ2) is 13.1. The summed E-state index contributed by atoms with van der Waals surface area (Å²) in [5, 5.41) is 3.39. The summed E-state index contributed by atoms with van der Waals surface area (Å²) in [6.07, 6.45) is 0.610. The Kier molecular flexibility index (Phi) is 10.2. The Morgan fingerprint density at radius 1 is 1.09 bits per heavy atom. The zero-order chi connectivity index (χ0) is 23.0. The number of carbonyl (C=O) groups excluding carboxylic acids is 1. The van der Waals surface area contributed by atoms with Gasteiger partial charge in [0.15, 0.2) is 5.96 Å². The predicted octanol–water partition coefficient (Wildman–Crippen LogP) is 2.81. The van der Waals surface area contributed by atoms with E-state index in [1.54, 1.807) is 11.9 Å². The molecule has 1 amide bonds. The number of rotatable bonds is 7. The van der Waals surface area contributed by atoms with Crippen molar-refractivity contribution in [2.45, 2.75) is 31.7 Å². The van der Waals surface area contributed by atoms with Crippen LogP contribution in [0.2, 0.25) is 0 Å². The van der Waals surface area contributed by atoms with Gasteiger partial charge in [-0.15, -0.1) is 24.0 Å². The molecule has 0 aliphatic carbocycles. The van der Waals surface area contributed by atoms with Gasteiger partial charge in [-0.2, -0.15) is 0 Å². The molecule has 2 atom stereocenters. The Hall–Kier alpha value is -2.17. The number of ether oxygens (including phenoxy) is 1. The van der Waals surface area contributed by atoms with Crippen molar-refractivity contribution in [1.82, 2.24) is 20.0 Å². The van der Waals surface area contributed by atoms with E-state index in [0.29, 0.717) is 25.6 Å².